The van der Waals surface area contributed by atoms with Crippen molar-refractivity contribution in [2.24, 2.45) is 0 Å². The van der Waals surface area contributed by atoms with Crippen LogP contribution in [0.5, 0.6) is 0 Å². The summed E-state index contributed by atoms with van der Waals surface area (Å²) in [6.45, 7) is 5.18. The molecule has 1 aromatic heterocycles. The highest BCUT2D eigenvalue weighted by Crippen LogP contribution is 2.36. The first-order chi connectivity index (χ1) is 10.7. The van der Waals surface area contributed by atoms with E-state index in [1.165, 1.54) is 18.2 Å². The van der Waals surface area contributed by atoms with Crippen molar-refractivity contribution in [1.29, 1.82) is 0 Å². The second-order valence-corrected chi connectivity index (χ2v) is 5.45. The summed E-state index contributed by atoms with van der Waals surface area (Å²) in [5, 5.41) is 13.6. The molecule has 1 aromatic carbocycles. The minimum Gasteiger partial charge on any atom is -0.478 e. The molecular weight excluding hydrogens is 309 g/mol. The summed E-state index contributed by atoms with van der Waals surface area (Å²) in [4.78, 5) is 11.6. The van der Waals surface area contributed by atoms with Gasteiger partial charge in [-0.3, -0.25) is 0 Å². The van der Waals surface area contributed by atoms with E-state index in [-0.39, 0.29) is 28.6 Å². The Hall–Kier alpha value is -2.31. The van der Waals surface area contributed by atoms with Gasteiger partial charge in [-0.05, 0) is 24.5 Å². The van der Waals surface area contributed by atoms with Crippen molar-refractivity contribution in [3.63, 3.8) is 0 Å². The first-order valence-electron chi connectivity index (χ1n) is 7.20. The molecule has 7 heteroatoms. The molecule has 0 aliphatic rings. The third kappa shape index (κ3) is 3.09. The van der Waals surface area contributed by atoms with Gasteiger partial charge in [-0.25, -0.2) is 9.48 Å². The zero-order chi connectivity index (χ0) is 17.4. The van der Waals surface area contributed by atoms with Gasteiger partial charge in [0, 0.05) is 0 Å². The molecule has 0 saturated carbocycles. The number of benzene rings is 1. The molecule has 0 spiro atoms. The minimum absolute atomic E-state index is 0.0144. The zero-order valence-corrected chi connectivity index (χ0v) is 13.0. The molecule has 1 heterocycles. The smallest absolute Gasteiger partial charge is 0.418 e. The third-order valence-electron chi connectivity index (χ3n) is 3.53. The van der Waals surface area contributed by atoms with Crippen LogP contribution in [0.1, 0.15) is 54.0 Å². The van der Waals surface area contributed by atoms with Gasteiger partial charge in [-0.2, -0.15) is 18.3 Å². The highest BCUT2D eigenvalue weighted by atomic mass is 19.4. The quantitative estimate of drug-likeness (QED) is 0.912. The molecule has 0 radical (unpaired) electrons. The van der Waals surface area contributed by atoms with Gasteiger partial charge in [0.1, 0.15) is 5.56 Å². The Bertz CT molecular complexity index is 733. The van der Waals surface area contributed by atoms with Gasteiger partial charge >= 0.3 is 12.1 Å². The minimum atomic E-state index is -4.55. The Morgan fingerprint density at radius 3 is 2.39 bits per heavy atom. The van der Waals surface area contributed by atoms with Crippen LogP contribution in [0.3, 0.4) is 0 Å². The summed E-state index contributed by atoms with van der Waals surface area (Å²) in [6.07, 6.45) is -4.23. The molecule has 0 atom stereocenters. The normalized spacial score (nSPS) is 12.0. The number of halogens is 3. The van der Waals surface area contributed by atoms with Crippen LogP contribution in [-0.4, -0.2) is 20.9 Å². The van der Waals surface area contributed by atoms with Gasteiger partial charge in [0.05, 0.1) is 22.6 Å². The van der Waals surface area contributed by atoms with Gasteiger partial charge in [-0.15, -0.1) is 0 Å². The van der Waals surface area contributed by atoms with Crippen molar-refractivity contribution in [2.45, 2.75) is 39.3 Å². The number of hydrogen-bond donors (Lipinski definition) is 1. The van der Waals surface area contributed by atoms with E-state index in [9.17, 15) is 23.1 Å². The molecule has 0 aliphatic carbocycles. The molecule has 2 rings (SSSR count). The molecular formula is C16H17F3N2O2. The van der Waals surface area contributed by atoms with Crippen LogP contribution in [0.15, 0.2) is 24.3 Å². The zero-order valence-electron chi connectivity index (χ0n) is 13.0. The number of rotatable bonds is 4. The molecule has 4 nitrogen and oxygen atoms in total. The Morgan fingerprint density at radius 1 is 1.30 bits per heavy atom. The van der Waals surface area contributed by atoms with Crippen molar-refractivity contribution in [1.82, 2.24) is 9.78 Å². The summed E-state index contributed by atoms with van der Waals surface area (Å²) in [5.41, 5.74) is -0.474. The Labute approximate surface area is 131 Å². The lowest BCUT2D eigenvalue weighted by molar-refractivity contribution is -0.137. The lowest BCUT2D eigenvalue weighted by Crippen LogP contribution is -2.14. The van der Waals surface area contributed by atoms with E-state index < -0.39 is 17.7 Å². The summed E-state index contributed by atoms with van der Waals surface area (Å²) < 4.78 is 40.9. The summed E-state index contributed by atoms with van der Waals surface area (Å²) in [6, 6.07) is 5.03. The SMILES string of the molecule is CCc1nn(-c2ccccc2C(F)(F)F)c(C(C)C)c1C(=O)O. The predicted molar refractivity (Wildman–Crippen MR) is 79.0 cm³/mol. The van der Waals surface area contributed by atoms with Gasteiger partial charge in [0.25, 0.3) is 0 Å². The first-order valence-corrected chi connectivity index (χ1v) is 7.20. The van der Waals surface area contributed by atoms with Crippen LogP contribution >= 0.6 is 0 Å². The van der Waals surface area contributed by atoms with Gasteiger partial charge < -0.3 is 5.11 Å². The molecule has 0 unspecified atom stereocenters. The number of nitrogens with zero attached hydrogens (tertiary/aromatic N) is 2. The number of aromatic nitrogens is 2. The number of carboxylic acids is 1. The fourth-order valence-corrected chi connectivity index (χ4v) is 2.57. The maximum absolute atomic E-state index is 13.3. The van der Waals surface area contributed by atoms with Crippen molar-refractivity contribution in [2.75, 3.05) is 0 Å². The highest BCUT2D eigenvalue weighted by molar-refractivity contribution is 5.90. The lowest BCUT2D eigenvalue weighted by Gasteiger charge is -2.16. The molecule has 124 valence electrons. The van der Waals surface area contributed by atoms with Crippen molar-refractivity contribution in [3.8, 4) is 5.69 Å². The number of aryl methyl sites for hydroxylation is 1. The van der Waals surface area contributed by atoms with E-state index in [1.54, 1.807) is 20.8 Å². The van der Waals surface area contributed by atoms with E-state index in [2.05, 4.69) is 5.10 Å². The molecule has 0 fully saturated rings. The molecule has 0 saturated heterocycles. The second kappa shape index (κ2) is 6.06. The fourth-order valence-electron chi connectivity index (χ4n) is 2.57. The topological polar surface area (TPSA) is 55.1 Å². The second-order valence-electron chi connectivity index (χ2n) is 5.45. The van der Waals surface area contributed by atoms with Gasteiger partial charge in [-0.1, -0.05) is 32.9 Å². The predicted octanol–water partition coefficient (Wildman–Crippen LogP) is 4.28. The number of para-hydroxylation sites is 1. The molecule has 0 amide bonds. The van der Waals surface area contributed by atoms with Crippen LogP contribution in [0.4, 0.5) is 13.2 Å². The standard InChI is InChI=1S/C16H17F3N2O2/c1-4-11-13(15(22)23)14(9(2)3)21(20-11)12-8-6-5-7-10(12)16(17,18)19/h5-9H,4H2,1-3H3,(H,22,23). The van der Waals surface area contributed by atoms with E-state index in [0.717, 1.165) is 10.7 Å². The van der Waals surface area contributed by atoms with E-state index in [1.807, 2.05) is 0 Å². The third-order valence-corrected chi connectivity index (χ3v) is 3.53. The summed E-state index contributed by atoms with van der Waals surface area (Å²) in [7, 11) is 0. The average molecular weight is 326 g/mol. The monoisotopic (exact) mass is 326 g/mol. The van der Waals surface area contributed by atoms with Crippen molar-refractivity contribution < 1.29 is 23.1 Å². The van der Waals surface area contributed by atoms with Gasteiger partial charge in [0.15, 0.2) is 0 Å². The van der Waals surface area contributed by atoms with Crippen molar-refractivity contribution in [3.05, 3.63) is 46.8 Å². The van der Waals surface area contributed by atoms with Crippen LogP contribution in [0.25, 0.3) is 5.69 Å². The van der Waals surface area contributed by atoms with Gasteiger partial charge in [0.2, 0.25) is 0 Å². The fraction of sp³-hybridized carbons (Fsp3) is 0.375. The maximum Gasteiger partial charge on any atom is 0.418 e. The number of hydrogen-bond acceptors (Lipinski definition) is 2. The van der Waals surface area contributed by atoms with E-state index in [0.29, 0.717) is 6.42 Å². The van der Waals surface area contributed by atoms with E-state index in [4.69, 9.17) is 0 Å². The number of aromatic carboxylic acids is 1. The highest BCUT2D eigenvalue weighted by Gasteiger charge is 2.35. The van der Waals surface area contributed by atoms with Crippen LogP contribution in [0.2, 0.25) is 0 Å². The van der Waals surface area contributed by atoms with Crippen molar-refractivity contribution >= 4 is 5.97 Å². The summed E-state index contributed by atoms with van der Waals surface area (Å²) >= 11 is 0. The largest absolute Gasteiger partial charge is 0.478 e. The Balaban J connectivity index is 2.83. The number of carboxylic acid groups (broad SMARTS) is 1. The Morgan fingerprint density at radius 2 is 1.91 bits per heavy atom. The van der Waals surface area contributed by atoms with Crippen LogP contribution < -0.4 is 0 Å². The lowest BCUT2D eigenvalue weighted by atomic mass is 10.0. The molecule has 23 heavy (non-hydrogen) atoms. The molecule has 2 aromatic rings. The number of carbonyl (C=O) groups is 1. The average Bonchev–Trinajstić information content (AvgIpc) is 2.86. The van der Waals surface area contributed by atoms with Crippen LogP contribution in [-0.2, 0) is 12.6 Å². The molecule has 1 N–H and O–H groups in total. The summed E-state index contributed by atoms with van der Waals surface area (Å²) in [5.74, 6) is -1.48. The van der Waals surface area contributed by atoms with E-state index >= 15 is 0 Å². The van der Waals surface area contributed by atoms with Crippen LogP contribution in [0, 0.1) is 0 Å². The first kappa shape index (κ1) is 17.1. The molecule has 0 bridgehead atoms. The number of alkyl halides is 3. The Kier molecular flexibility index (Phi) is 4.49. The molecule has 0 aliphatic heterocycles. The maximum atomic E-state index is 13.3.